The number of rotatable bonds is 3. The number of H-pyrrole nitrogens is 1. The lowest BCUT2D eigenvalue weighted by molar-refractivity contribution is -0.138. The van der Waals surface area contributed by atoms with Crippen molar-refractivity contribution in [2.75, 3.05) is 26.7 Å². The fourth-order valence-corrected chi connectivity index (χ4v) is 6.04. The third-order valence-corrected chi connectivity index (χ3v) is 7.82. The van der Waals surface area contributed by atoms with Gasteiger partial charge in [-0.2, -0.15) is 18.3 Å². The molecule has 4 heterocycles. The summed E-state index contributed by atoms with van der Waals surface area (Å²) in [7, 11) is 1.87. The highest BCUT2D eigenvalue weighted by Crippen LogP contribution is 2.42. The van der Waals surface area contributed by atoms with Crippen molar-refractivity contribution in [2.24, 2.45) is 0 Å². The number of hydrogen-bond acceptors (Lipinski definition) is 4. The first-order valence-electron chi connectivity index (χ1n) is 12.5. The SMILES string of the molecule is CN1CC(NC(=O)N2CCc3[nH]nc(C4=C5C=COC=C5CC4)c3C2)C(c2ccccc2C(F)(F)F)C1. The van der Waals surface area contributed by atoms with Crippen molar-refractivity contribution in [3.05, 3.63) is 82.1 Å². The Morgan fingerprint density at radius 1 is 1.19 bits per heavy atom. The highest BCUT2D eigenvalue weighted by molar-refractivity contribution is 5.80. The van der Waals surface area contributed by atoms with Crippen LogP contribution in [0.4, 0.5) is 18.0 Å². The molecule has 2 N–H and O–H groups in total. The molecule has 10 heteroatoms. The molecule has 1 saturated heterocycles. The molecule has 0 spiro atoms. The smallest absolute Gasteiger partial charge is 0.416 e. The summed E-state index contributed by atoms with van der Waals surface area (Å²) in [4.78, 5) is 17.1. The monoisotopic (exact) mass is 511 g/mol. The summed E-state index contributed by atoms with van der Waals surface area (Å²) in [5.41, 5.74) is 5.93. The van der Waals surface area contributed by atoms with E-state index in [-0.39, 0.29) is 11.6 Å². The number of carbonyl (C=O) groups excluding carboxylic acids is 1. The molecule has 1 fully saturated rings. The largest absolute Gasteiger partial charge is 0.472 e. The highest BCUT2D eigenvalue weighted by Gasteiger charge is 2.41. The Morgan fingerprint density at radius 3 is 2.86 bits per heavy atom. The van der Waals surface area contributed by atoms with Gasteiger partial charge in [-0.3, -0.25) is 5.10 Å². The third kappa shape index (κ3) is 4.33. The average Bonchev–Trinajstić information content (AvgIpc) is 3.59. The van der Waals surface area contributed by atoms with Gasteiger partial charge in [-0.1, -0.05) is 18.2 Å². The van der Waals surface area contributed by atoms with Gasteiger partial charge in [0.25, 0.3) is 0 Å². The quantitative estimate of drug-likeness (QED) is 0.634. The average molecular weight is 512 g/mol. The molecule has 6 rings (SSSR count). The number of hydrogen-bond donors (Lipinski definition) is 2. The van der Waals surface area contributed by atoms with E-state index < -0.39 is 23.7 Å². The fourth-order valence-electron chi connectivity index (χ4n) is 6.04. The molecule has 4 aliphatic rings. The van der Waals surface area contributed by atoms with E-state index in [1.807, 2.05) is 18.0 Å². The fraction of sp³-hybridized carbons (Fsp3) is 0.407. The van der Waals surface area contributed by atoms with Crippen molar-refractivity contribution < 1.29 is 22.7 Å². The van der Waals surface area contributed by atoms with Crippen LogP contribution in [0.25, 0.3) is 5.57 Å². The number of urea groups is 1. The molecule has 0 radical (unpaired) electrons. The lowest BCUT2D eigenvalue weighted by Crippen LogP contribution is -2.48. The zero-order valence-corrected chi connectivity index (χ0v) is 20.4. The van der Waals surface area contributed by atoms with E-state index in [1.165, 1.54) is 12.1 Å². The van der Waals surface area contributed by atoms with Crippen LogP contribution in [0.5, 0.6) is 0 Å². The first-order valence-corrected chi connectivity index (χ1v) is 12.5. The van der Waals surface area contributed by atoms with Crippen LogP contribution in [0.2, 0.25) is 0 Å². The van der Waals surface area contributed by atoms with Gasteiger partial charge in [0.05, 0.1) is 36.4 Å². The molecule has 194 valence electrons. The van der Waals surface area contributed by atoms with E-state index in [2.05, 4.69) is 15.5 Å². The standard InChI is InChI=1S/C27H28F3N5O2/c1-34-12-20(18-4-2-3-5-22(18)27(28,29)30)24(14-34)31-26(36)35-10-8-23-21(13-35)25(33-32-23)19-7-6-16-15-37-11-9-17(16)19/h2-5,9,11,15,20,24H,6-8,10,12-14H2,1H3,(H,31,36)(H,32,33). The van der Waals surface area contributed by atoms with E-state index in [0.29, 0.717) is 32.6 Å². The minimum absolute atomic E-state index is 0.228. The van der Waals surface area contributed by atoms with Crippen LogP contribution >= 0.6 is 0 Å². The van der Waals surface area contributed by atoms with Crippen LogP contribution in [0.15, 0.2) is 54.0 Å². The molecule has 2 unspecified atom stereocenters. The van der Waals surface area contributed by atoms with Crippen molar-refractivity contribution in [1.29, 1.82) is 0 Å². The molecule has 37 heavy (non-hydrogen) atoms. The highest BCUT2D eigenvalue weighted by atomic mass is 19.4. The summed E-state index contributed by atoms with van der Waals surface area (Å²) in [6.07, 6.45) is 3.33. The summed E-state index contributed by atoms with van der Waals surface area (Å²) in [5, 5.41) is 10.8. The van der Waals surface area contributed by atoms with Gasteiger partial charge in [-0.05, 0) is 54.3 Å². The van der Waals surface area contributed by atoms with Gasteiger partial charge in [-0.25, -0.2) is 4.79 Å². The van der Waals surface area contributed by atoms with E-state index in [4.69, 9.17) is 4.74 Å². The minimum Gasteiger partial charge on any atom is -0.472 e. The number of likely N-dealkylation sites (N-methyl/N-ethyl adjacent to an activating group) is 1. The number of aromatic amines is 1. The third-order valence-electron chi connectivity index (χ3n) is 7.82. The molecule has 2 aromatic rings. The van der Waals surface area contributed by atoms with Crippen molar-refractivity contribution in [1.82, 2.24) is 25.3 Å². The van der Waals surface area contributed by atoms with E-state index in [0.717, 1.165) is 52.6 Å². The second-order valence-electron chi connectivity index (χ2n) is 10.1. The molecule has 2 atom stereocenters. The van der Waals surface area contributed by atoms with E-state index >= 15 is 0 Å². The number of likely N-dealkylation sites (tertiary alicyclic amines) is 1. The Morgan fingerprint density at radius 2 is 2.03 bits per heavy atom. The number of alkyl halides is 3. The molecule has 1 aromatic carbocycles. The van der Waals surface area contributed by atoms with Crippen LogP contribution in [0.1, 0.15) is 46.8 Å². The molecule has 0 saturated carbocycles. The van der Waals surface area contributed by atoms with Crippen LogP contribution in [-0.4, -0.2) is 58.8 Å². The normalized spacial score (nSPS) is 23.6. The number of allylic oxidation sites excluding steroid dienone is 4. The molecule has 7 nitrogen and oxygen atoms in total. The van der Waals surface area contributed by atoms with Gasteiger partial charge in [0.15, 0.2) is 0 Å². The molecule has 3 aliphatic heterocycles. The second-order valence-corrected chi connectivity index (χ2v) is 10.1. The zero-order valence-electron chi connectivity index (χ0n) is 20.4. The summed E-state index contributed by atoms with van der Waals surface area (Å²) in [6.45, 7) is 1.84. The van der Waals surface area contributed by atoms with Crippen molar-refractivity contribution in [2.45, 2.75) is 43.9 Å². The predicted octanol–water partition coefficient (Wildman–Crippen LogP) is 4.57. The Kier molecular flexibility index (Phi) is 5.86. The molecule has 0 bridgehead atoms. The predicted molar refractivity (Wildman–Crippen MR) is 131 cm³/mol. The van der Waals surface area contributed by atoms with Crippen LogP contribution < -0.4 is 5.32 Å². The molecule has 1 aliphatic carbocycles. The van der Waals surface area contributed by atoms with E-state index in [9.17, 15) is 18.0 Å². The van der Waals surface area contributed by atoms with Crippen molar-refractivity contribution in [3.8, 4) is 0 Å². The van der Waals surface area contributed by atoms with Crippen LogP contribution in [0, 0.1) is 0 Å². The summed E-state index contributed by atoms with van der Waals surface area (Å²) in [5.74, 6) is -0.451. The number of nitrogens with one attached hydrogen (secondary N) is 2. The van der Waals surface area contributed by atoms with Gasteiger partial charge in [0, 0.05) is 43.2 Å². The number of ether oxygens (including phenoxy) is 1. The van der Waals surface area contributed by atoms with Gasteiger partial charge in [0.2, 0.25) is 0 Å². The lowest BCUT2D eigenvalue weighted by Gasteiger charge is -2.30. The Labute approximate surface area is 212 Å². The Balaban J connectivity index is 1.22. The number of amides is 2. The number of carbonyl (C=O) groups is 1. The van der Waals surface area contributed by atoms with Gasteiger partial charge in [0.1, 0.15) is 0 Å². The minimum atomic E-state index is -4.45. The topological polar surface area (TPSA) is 73.5 Å². The first kappa shape index (κ1) is 23.8. The van der Waals surface area contributed by atoms with Crippen molar-refractivity contribution in [3.63, 3.8) is 0 Å². The number of halogens is 3. The molecular formula is C27H28F3N5O2. The Bertz CT molecular complexity index is 1330. The van der Waals surface area contributed by atoms with Crippen LogP contribution in [0.3, 0.4) is 0 Å². The van der Waals surface area contributed by atoms with Gasteiger partial charge < -0.3 is 19.9 Å². The zero-order chi connectivity index (χ0) is 25.7. The number of nitrogens with zero attached hydrogens (tertiary/aromatic N) is 3. The maximum Gasteiger partial charge on any atom is 0.416 e. The molecular weight excluding hydrogens is 483 g/mol. The van der Waals surface area contributed by atoms with Crippen molar-refractivity contribution >= 4 is 11.6 Å². The van der Waals surface area contributed by atoms with Gasteiger partial charge in [-0.15, -0.1) is 0 Å². The first-order chi connectivity index (χ1) is 17.8. The number of aromatic nitrogens is 2. The van der Waals surface area contributed by atoms with Gasteiger partial charge >= 0.3 is 12.2 Å². The number of fused-ring (bicyclic) bond motifs is 2. The number of benzene rings is 1. The van der Waals surface area contributed by atoms with Crippen LogP contribution in [-0.2, 0) is 23.9 Å². The molecule has 1 aromatic heterocycles. The summed E-state index contributed by atoms with van der Waals surface area (Å²) < 4.78 is 46.5. The summed E-state index contributed by atoms with van der Waals surface area (Å²) >= 11 is 0. The lowest BCUT2D eigenvalue weighted by atomic mass is 9.90. The Hall–Kier alpha value is -3.53. The maximum atomic E-state index is 13.7. The summed E-state index contributed by atoms with van der Waals surface area (Å²) in [6, 6.07) is 4.99. The second kappa shape index (κ2) is 9.09. The maximum absolute atomic E-state index is 13.7. The molecule has 2 amide bonds. The van der Waals surface area contributed by atoms with E-state index in [1.54, 1.807) is 23.5 Å².